The third kappa shape index (κ3) is 5.65. The van der Waals surface area contributed by atoms with E-state index in [0.29, 0.717) is 5.92 Å². The average Bonchev–Trinajstić information content (AvgIpc) is 2.37. The van der Waals surface area contributed by atoms with Gasteiger partial charge in [0.25, 0.3) is 0 Å². The molecule has 0 aliphatic carbocycles. The van der Waals surface area contributed by atoms with Crippen LogP contribution in [0.3, 0.4) is 0 Å². The maximum absolute atomic E-state index is 5.89. The van der Waals surface area contributed by atoms with Crippen molar-refractivity contribution in [3.05, 3.63) is 29.8 Å². The first-order chi connectivity index (χ1) is 9.06. The molecule has 0 aliphatic rings. The molecule has 2 N–H and O–H groups in total. The van der Waals surface area contributed by atoms with Gasteiger partial charge in [-0.05, 0) is 62.8 Å². The van der Waals surface area contributed by atoms with E-state index in [2.05, 4.69) is 56.9 Å². The molecule has 1 atom stereocenters. The quantitative estimate of drug-likeness (QED) is 0.771. The first-order valence-electron chi connectivity index (χ1n) is 7.58. The molecule has 0 heterocycles. The van der Waals surface area contributed by atoms with E-state index >= 15 is 0 Å². The van der Waals surface area contributed by atoms with Crippen LogP contribution in [0.1, 0.15) is 39.2 Å². The average molecular weight is 262 g/mol. The Hall–Kier alpha value is -1.02. The van der Waals surface area contributed by atoms with Gasteiger partial charge in [-0.1, -0.05) is 26.0 Å². The zero-order valence-electron chi connectivity index (χ0n) is 13.0. The van der Waals surface area contributed by atoms with Crippen LogP contribution in [0.15, 0.2) is 24.3 Å². The Morgan fingerprint density at radius 1 is 1.26 bits per heavy atom. The van der Waals surface area contributed by atoms with Crippen LogP contribution in [0.5, 0.6) is 0 Å². The predicted octanol–water partition coefficient (Wildman–Crippen LogP) is 3.83. The lowest BCUT2D eigenvalue weighted by molar-refractivity contribution is 0.395. The number of rotatable bonds is 8. The Labute approximate surface area is 119 Å². The molecule has 0 fully saturated rings. The summed E-state index contributed by atoms with van der Waals surface area (Å²) >= 11 is 0. The monoisotopic (exact) mass is 262 g/mol. The maximum Gasteiger partial charge on any atom is 0.0368 e. The fourth-order valence-corrected chi connectivity index (χ4v) is 2.63. The molecule has 0 saturated heterocycles. The summed E-state index contributed by atoms with van der Waals surface area (Å²) in [6.07, 6.45) is 2.43. The number of nitrogens with zero attached hydrogens (tertiary/aromatic N) is 1. The number of nitrogens with two attached hydrogens (primary N) is 1. The summed E-state index contributed by atoms with van der Waals surface area (Å²) in [6.45, 7) is 11.9. The molecule has 2 nitrogen and oxygen atoms in total. The second kappa shape index (κ2) is 8.21. The van der Waals surface area contributed by atoms with Crippen molar-refractivity contribution in [3.63, 3.8) is 0 Å². The van der Waals surface area contributed by atoms with E-state index in [1.807, 2.05) is 0 Å². The fraction of sp³-hybridized carbons (Fsp3) is 0.647. The fourth-order valence-electron chi connectivity index (χ4n) is 2.63. The number of anilines is 1. The molecule has 0 bridgehead atoms. The van der Waals surface area contributed by atoms with Crippen molar-refractivity contribution in [3.8, 4) is 0 Å². The summed E-state index contributed by atoms with van der Waals surface area (Å²) in [5.74, 6) is 1.39. The van der Waals surface area contributed by atoms with Crippen molar-refractivity contribution in [1.29, 1.82) is 0 Å². The standard InChI is InChI=1S/C17H30N2/c1-5-19(17-8-6-7-15(4)12-17)10-9-16(13-18)11-14(2)3/h6-8,12,14,16H,5,9-11,13,18H2,1-4H3. The number of hydrogen-bond donors (Lipinski definition) is 1. The molecule has 1 aromatic carbocycles. The van der Waals surface area contributed by atoms with Crippen molar-refractivity contribution in [2.45, 2.75) is 40.5 Å². The van der Waals surface area contributed by atoms with Gasteiger partial charge in [0.15, 0.2) is 0 Å². The van der Waals surface area contributed by atoms with Gasteiger partial charge >= 0.3 is 0 Å². The summed E-state index contributed by atoms with van der Waals surface area (Å²) in [5.41, 5.74) is 8.56. The van der Waals surface area contributed by atoms with Crippen LogP contribution in [-0.2, 0) is 0 Å². The molecular weight excluding hydrogens is 232 g/mol. The van der Waals surface area contributed by atoms with Gasteiger partial charge in [0.05, 0.1) is 0 Å². The minimum absolute atomic E-state index is 0.652. The Kier molecular flexibility index (Phi) is 6.93. The first-order valence-corrected chi connectivity index (χ1v) is 7.58. The SMILES string of the molecule is CCN(CCC(CN)CC(C)C)c1cccc(C)c1. The van der Waals surface area contributed by atoms with E-state index in [0.717, 1.165) is 25.6 Å². The smallest absolute Gasteiger partial charge is 0.0368 e. The normalized spacial score (nSPS) is 12.7. The molecule has 0 saturated carbocycles. The Morgan fingerprint density at radius 3 is 2.53 bits per heavy atom. The van der Waals surface area contributed by atoms with Crippen molar-refractivity contribution in [2.24, 2.45) is 17.6 Å². The topological polar surface area (TPSA) is 29.3 Å². The van der Waals surface area contributed by atoms with Gasteiger partial charge < -0.3 is 10.6 Å². The molecule has 0 spiro atoms. The Bertz CT molecular complexity index is 360. The molecular formula is C17H30N2. The van der Waals surface area contributed by atoms with Crippen molar-refractivity contribution >= 4 is 5.69 Å². The lowest BCUT2D eigenvalue weighted by atomic mass is 9.94. The first kappa shape index (κ1) is 16.0. The zero-order chi connectivity index (χ0) is 14.3. The van der Waals surface area contributed by atoms with E-state index in [1.54, 1.807) is 0 Å². The molecule has 108 valence electrons. The molecule has 19 heavy (non-hydrogen) atoms. The highest BCUT2D eigenvalue weighted by molar-refractivity contribution is 5.48. The van der Waals surface area contributed by atoms with Gasteiger partial charge in [-0.3, -0.25) is 0 Å². The lowest BCUT2D eigenvalue weighted by Gasteiger charge is -2.26. The van der Waals surface area contributed by atoms with Gasteiger partial charge in [0, 0.05) is 18.8 Å². The molecule has 2 heteroatoms. The summed E-state index contributed by atoms with van der Waals surface area (Å²) in [5, 5.41) is 0. The van der Waals surface area contributed by atoms with Crippen LogP contribution in [-0.4, -0.2) is 19.6 Å². The van der Waals surface area contributed by atoms with Crippen LogP contribution in [0.25, 0.3) is 0 Å². The second-order valence-corrected chi connectivity index (χ2v) is 5.94. The summed E-state index contributed by atoms with van der Waals surface area (Å²) < 4.78 is 0. The lowest BCUT2D eigenvalue weighted by Crippen LogP contribution is -2.28. The highest BCUT2D eigenvalue weighted by atomic mass is 15.1. The number of benzene rings is 1. The van der Waals surface area contributed by atoms with E-state index < -0.39 is 0 Å². The molecule has 0 aliphatic heterocycles. The van der Waals surface area contributed by atoms with Gasteiger partial charge in [-0.25, -0.2) is 0 Å². The van der Waals surface area contributed by atoms with Gasteiger partial charge in [-0.2, -0.15) is 0 Å². The molecule has 1 rings (SSSR count). The van der Waals surface area contributed by atoms with Crippen LogP contribution >= 0.6 is 0 Å². The van der Waals surface area contributed by atoms with E-state index in [1.165, 1.54) is 24.1 Å². The Balaban J connectivity index is 2.57. The van der Waals surface area contributed by atoms with Crippen LogP contribution in [0.4, 0.5) is 5.69 Å². The third-order valence-corrected chi connectivity index (χ3v) is 3.69. The highest BCUT2D eigenvalue weighted by Crippen LogP contribution is 2.19. The third-order valence-electron chi connectivity index (χ3n) is 3.69. The van der Waals surface area contributed by atoms with Crippen LogP contribution in [0, 0.1) is 18.8 Å². The van der Waals surface area contributed by atoms with Crippen molar-refractivity contribution < 1.29 is 0 Å². The van der Waals surface area contributed by atoms with Gasteiger partial charge in [-0.15, -0.1) is 0 Å². The number of hydrogen-bond acceptors (Lipinski definition) is 2. The van der Waals surface area contributed by atoms with E-state index in [-0.39, 0.29) is 0 Å². The van der Waals surface area contributed by atoms with Gasteiger partial charge in [0.1, 0.15) is 0 Å². The van der Waals surface area contributed by atoms with Crippen LogP contribution in [0.2, 0.25) is 0 Å². The Morgan fingerprint density at radius 2 is 2.00 bits per heavy atom. The maximum atomic E-state index is 5.89. The molecule has 0 aromatic heterocycles. The predicted molar refractivity (Wildman–Crippen MR) is 85.7 cm³/mol. The minimum atomic E-state index is 0.652. The molecule has 0 amide bonds. The zero-order valence-corrected chi connectivity index (χ0v) is 13.0. The summed E-state index contributed by atoms with van der Waals surface area (Å²) in [6, 6.07) is 8.76. The highest BCUT2D eigenvalue weighted by Gasteiger charge is 2.12. The minimum Gasteiger partial charge on any atom is -0.372 e. The molecule has 0 radical (unpaired) electrons. The second-order valence-electron chi connectivity index (χ2n) is 5.94. The summed E-state index contributed by atoms with van der Waals surface area (Å²) in [7, 11) is 0. The van der Waals surface area contributed by atoms with E-state index in [4.69, 9.17) is 5.73 Å². The van der Waals surface area contributed by atoms with Crippen molar-refractivity contribution in [2.75, 3.05) is 24.5 Å². The van der Waals surface area contributed by atoms with E-state index in [9.17, 15) is 0 Å². The van der Waals surface area contributed by atoms with Gasteiger partial charge in [0.2, 0.25) is 0 Å². The van der Waals surface area contributed by atoms with Crippen LogP contribution < -0.4 is 10.6 Å². The molecule has 1 unspecified atom stereocenters. The molecule has 1 aromatic rings. The van der Waals surface area contributed by atoms with Crippen molar-refractivity contribution in [1.82, 2.24) is 0 Å². The summed E-state index contributed by atoms with van der Waals surface area (Å²) in [4.78, 5) is 2.45. The number of aryl methyl sites for hydroxylation is 1. The largest absolute Gasteiger partial charge is 0.372 e.